The lowest BCUT2D eigenvalue weighted by Gasteiger charge is -2.26. The van der Waals surface area contributed by atoms with E-state index < -0.39 is 0 Å². The molecule has 1 saturated carbocycles. The molecule has 3 nitrogen and oxygen atoms in total. The monoisotopic (exact) mass is 180 g/mol. The number of nitrogens with one attached hydrogen (secondary N) is 1. The molecule has 0 bridgehead atoms. The third-order valence-electron chi connectivity index (χ3n) is 2.24. The van der Waals surface area contributed by atoms with Gasteiger partial charge in [0.25, 0.3) is 0 Å². The Balaban J connectivity index is 0.000001000. The van der Waals surface area contributed by atoms with Gasteiger partial charge in [-0.25, -0.2) is 0 Å². The largest absolute Gasteiger partial charge is 0.381 e. The van der Waals surface area contributed by atoms with Crippen LogP contribution >= 0.6 is 12.4 Å². The molecule has 0 aromatic rings. The van der Waals surface area contributed by atoms with Crippen molar-refractivity contribution < 1.29 is 4.74 Å². The first-order chi connectivity index (χ1) is 4.86. The van der Waals surface area contributed by atoms with Crippen LogP contribution in [0.2, 0.25) is 0 Å². The van der Waals surface area contributed by atoms with Crippen molar-refractivity contribution in [1.29, 1.82) is 0 Å². The summed E-state index contributed by atoms with van der Waals surface area (Å²) in [7, 11) is 1.78. The third kappa shape index (κ3) is 3.38. The molecule has 0 spiro atoms. The highest BCUT2D eigenvalue weighted by Crippen LogP contribution is 2.19. The molecule has 0 aliphatic heterocycles. The lowest BCUT2D eigenvalue weighted by Crippen LogP contribution is -2.39. The first kappa shape index (κ1) is 11.2. The molecule has 0 atom stereocenters. The van der Waals surface area contributed by atoms with Gasteiger partial charge in [-0.2, -0.15) is 0 Å². The van der Waals surface area contributed by atoms with Gasteiger partial charge in [0.2, 0.25) is 0 Å². The zero-order valence-corrected chi connectivity index (χ0v) is 7.69. The maximum absolute atomic E-state index is 5.30. The fraction of sp³-hybridized carbons (Fsp3) is 1.00. The van der Waals surface area contributed by atoms with Gasteiger partial charge in [-0.15, -0.1) is 12.4 Å². The second-order valence-electron chi connectivity index (χ2n) is 2.88. The molecule has 0 amide bonds. The summed E-state index contributed by atoms with van der Waals surface area (Å²) in [5.74, 6) is 5.30. The maximum atomic E-state index is 5.30. The minimum atomic E-state index is 0. The van der Waals surface area contributed by atoms with Gasteiger partial charge in [-0.3, -0.25) is 11.3 Å². The van der Waals surface area contributed by atoms with Crippen molar-refractivity contribution >= 4 is 12.4 Å². The van der Waals surface area contributed by atoms with Crippen LogP contribution in [0.5, 0.6) is 0 Å². The highest BCUT2D eigenvalue weighted by molar-refractivity contribution is 5.85. The average Bonchev–Trinajstić information content (AvgIpc) is 2.05. The zero-order valence-electron chi connectivity index (χ0n) is 6.88. The van der Waals surface area contributed by atoms with Crippen LogP contribution in [-0.4, -0.2) is 19.3 Å². The van der Waals surface area contributed by atoms with Crippen LogP contribution in [0.3, 0.4) is 0 Å². The Morgan fingerprint density at radius 1 is 1.27 bits per heavy atom. The second-order valence-corrected chi connectivity index (χ2v) is 2.88. The highest BCUT2D eigenvalue weighted by atomic mass is 35.5. The Morgan fingerprint density at radius 2 is 1.82 bits per heavy atom. The highest BCUT2D eigenvalue weighted by Gasteiger charge is 2.18. The summed E-state index contributed by atoms with van der Waals surface area (Å²) in [4.78, 5) is 0. The predicted molar refractivity (Wildman–Crippen MR) is 47.6 cm³/mol. The third-order valence-corrected chi connectivity index (χ3v) is 2.24. The van der Waals surface area contributed by atoms with Crippen LogP contribution in [0, 0.1) is 0 Å². The number of hydrogen-bond donors (Lipinski definition) is 2. The standard InChI is InChI=1S/C7H16N2O.ClH/c1-10-7-4-2-6(9-8)3-5-7;/h6-7,9H,2-5,8H2,1H3;1H. The number of methoxy groups -OCH3 is 1. The van der Waals surface area contributed by atoms with Gasteiger partial charge >= 0.3 is 0 Å². The molecular weight excluding hydrogens is 164 g/mol. The number of halogens is 1. The fourth-order valence-electron chi connectivity index (χ4n) is 1.47. The molecular formula is C7H17ClN2O. The lowest BCUT2D eigenvalue weighted by molar-refractivity contribution is 0.0626. The molecule has 1 aliphatic rings. The molecule has 1 fully saturated rings. The summed E-state index contributed by atoms with van der Waals surface area (Å²) in [5.41, 5.74) is 2.79. The van der Waals surface area contributed by atoms with E-state index in [2.05, 4.69) is 5.43 Å². The van der Waals surface area contributed by atoms with Crippen molar-refractivity contribution in [3.63, 3.8) is 0 Å². The van der Waals surface area contributed by atoms with Crippen molar-refractivity contribution in [2.24, 2.45) is 5.84 Å². The Morgan fingerprint density at radius 3 is 2.18 bits per heavy atom. The molecule has 1 rings (SSSR count). The van der Waals surface area contributed by atoms with Gasteiger partial charge in [0.15, 0.2) is 0 Å². The van der Waals surface area contributed by atoms with Gasteiger partial charge in [0, 0.05) is 13.2 Å². The van der Waals surface area contributed by atoms with E-state index in [0.29, 0.717) is 12.1 Å². The summed E-state index contributed by atoms with van der Waals surface area (Å²) in [5, 5.41) is 0. The van der Waals surface area contributed by atoms with Crippen molar-refractivity contribution in [2.75, 3.05) is 7.11 Å². The molecule has 0 saturated heterocycles. The van der Waals surface area contributed by atoms with Crippen LogP contribution < -0.4 is 11.3 Å². The van der Waals surface area contributed by atoms with Crippen LogP contribution in [0.1, 0.15) is 25.7 Å². The van der Waals surface area contributed by atoms with Gasteiger partial charge < -0.3 is 4.74 Å². The molecule has 11 heavy (non-hydrogen) atoms. The SMILES string of the molecule is COC1CCC(NN)CC1.Cl. The van der Waals surface area contributed by atoms with E-state index in [-0.39, 0.29) is 12.4 Å². The smallest absolute Gasteiger partial charge is 0.0572 e. The second kappa shape index (κ2) is 5.77. The first-order valence-corrected chi connectivity index (χ1v) is 3.85. The van der Waals surface area contributed by atoms with Crippen molar-refractivity contribution in [1.82, 2.24) is 5.43 Å². The summed E-state index contributed by atoms with van der Waals surface area (Å²) >= 11 is 0. The number of hydrazine groups is 1. The van der Waals surface area contributed by atoms with E-state index in [0.717, 1.165) is 25.7 Å². The normalized spacial score (nSPS) is 31.1. The van der Waals surface area contributed by atoms with E-state index >= 15 is 0 Å². The molecule has 0 aromatic heterocycles. The first-order valence-electron chi connectivity index (χ1n) is 3.85. The maximum Gasteiger partial charge on any atom is 0.0572 e. The van der Waals surface area contributed by atoms with Crippen LogP contribution in [0.15, 0.2) is 0 Å². The van der Waals surface area contributed by atoms with E-state index in [1.54, 1.807) is 7.11 Å². The van der Waals surface area contributed by atoms with Gasteiger partial charge in [0.1, 0.15) is 0 Å². The minimum Gasteiger partial charge on any atom is -0.381 e. The van der Waals surface area contributed by atoms with Crippen molar-refractivity contribution in [2.45, 2.75) is 37.8 Å². The van der Waals surface area contributed by atoms with Gasteiger partial charge in [-0.1, -0.05) is 0 Å². The van der Waals surface area contributed by atoms with Crippen molar-refractivity contribution in [3.05, 3.63) is 0 Å². The molecule has 0 heterocycles. The van der Waals surface area contributed by atoms with E-state index in [1.165, 1.54) is 0 Å². The van der Waals surface area contributed by atoms with Crippen molar-refractivity contribution in [3.8, 4) is 0 Å². The van der Waals surface area contributed by atoms with E-state index in [9.17, 15) is 0 Å². The lowest BCUT2D eigenvalue weighted by atomic mass is 9.93. The van der Waals surface area contributed by atoms with Gasteiger partial charge in [-0.05, 0) is 25.7 Å². The molecule has 0 unspecified atom stereocenters. The summed E-state index contributed by atoms with van der Waals surface area (Å²) < 4.78 is 5.22. The van der Waals surface area contributed by atoms with Crippen LogP contribution in [0.25, 0.3) is 0 Å². The molecule has 0 aromatic carbocycles. The molecule has 1 aliphatic carbocycles. The van der Waals surface area contributed by atoms with E-state index in [4.69, 9.17) is 10.6 Å². The Hall–Kier alpha value is 0.170. The number of rotatable bonds is 2. The number of nitrogens with two attached hydrogens (primary N) is 1. The quantitative estimate of drug-likeness (QED) is 0.489. The minimum absolute atomic E-state index is 0. The molecule has 68 valence electrons. The van der Waals surface area contributed by atoms with Crippen LogP contribution in [0.4, 0.5) is 0 Å². The molecule has 0 radical (unpaired) electrons. The van der Waals surface area contributed by atoms with Gasteiger partial charge in [0.05, 0.1) is 6.10 Å². The predicted octanol–water partition coefficient (Wildman–Crippen LogP) is 0.829. The Labute approximate surface area is 74.0 Å². The average molecular weight is 181 g/mol. The van der Waals surface area contributed by atoms with E-state index in [1.807, 2.05) is 0 Å². The Kier molecular flexibility index (Phi) is 5.86. The number of hydrogen-bond acceptors (Lipinski definition) is 3. The molecule has 4 heteroatoms. The summed E-state index contributed by atoms with van der Waals surface area (Å²) in [6.45, 7) is 0. The summed E-state index contributed by atoms with van der Waals surface area (Å²) in [6, 6.07) is 0.520. The summed E-state index contributed by atoms with van der Waals surface area (Å²) in [6.07, 6.45) is 5.06. The molecule has 3 N–H and O–H groups in total. The zero-order chi connectivity index (χ0) is 7.40. The number of ether oxygens (including phenoxy) is 1. The Bertz CT molecular complexity index is 82.4. The fourth-order valence-corrected chi connectivity index (χ4v) is 1.47. The van der Waals surface area contributed by atoms with Crippen LogP contribution in [-0.2, 0) is 4.74 Å². The topological polar surface area (TPSA) is 47.3 Å².